The molecule has 0 bridgehead atoms. The number of carboxylic acids is 1. The molecule has 1 aliphatic rings. The van der Waals surface area contributed by atoms with Crippen LogP contribution in [0.25, 0.3) is 0 Å². The van der Waals surface area contributed by atoms with Crippen LogP contribution < -0.4 is 10.1 Å². The number of aliphatic carboxylic acids is 1. The van der Waals surface area contributed by atoms with Crippen LogP contribution in [0.1, 0.15) is 6.42 Å². The van der Waals surface area contributed by atoms with E-state index < -0.39 is 11.6 Å². The zero-order chi connectivity index (χ0) is 12.5. The average Bonchev–Trinajstić information content (AvgIpc) is 2.21. The van der Waals surface area contributed by atoms with Crippen molar-refractivity contribution in [2.24, 2.45) is 0 Å². The van der Waals surface area contributed by atoms with Gasteiger partial charge in [0.1, 0.15) is 16.4 Å². The minimum absolute atomic E-state index is 0.0666. The molecule has 0 aromatic heterocycles. The third-order valence-electron chi connectivity index (χ3n) is 2.61. The molecule has 0 amide bonds. The van der Waals surface area contributed by atoms with Gasteiger partial charge in [0.05, 0.1) is 11.4 Å². The molecular weight excluding hydrogens is 265 g/mol. The first-order valence-electron chi connectivity index (χ1n) is 5.08. The van der Waals surface area contributed by atoms with Crippen molar-refractivity contribution in [1.29, 1.82) is 0 Å². The van der Waals surface area contributed by atoms with Gasteiger partial charge in [0.15, 0.2) is 0 Å². The van der Waals surface area contributed by atoms with E-state index in [0.29, 0.717) is 28.9 Å². The molecule has 0 atom stereocenters. The van der Waals surface area contributed by atoms with Crippen molar-refractivity contribution in [2.75, 3.05) is 13.1 Å². The molecule has 0 radical (unpaired) electrons. The molecule has 2 N–H and O–H groups in total. The number of benzene rings is 1. The Balaban J connectivity index is 2.18. The second-order valence-corrected chi connectivity index (χ2v) is 4.80. The maximum absolute atomic E-state index is 10.8. The van der Waals surface area contributed by atoms with E-state index in [9.17, 15) is 4.79 Å². The molecule has 0 saturated carbocycles. The molecule has 1 heterocycles. The second kappa shape index (κ2) is 4.72. The minimum atomic E-state index is -0.898. The molecule has 1 aliphatic heterocycles. The summed E-state index contributed by atoms with van der Waals surface area (Å²) in [4.78, 5) is 10.8. The van der Waals surface area contributed by atoms with Crippen molar-refractivity contribution in [3.8, 4) is 5.75 Å². The van der Waals surface area contributed by atoms with Crippen LogP contribution in [0.5, 0.6) is 5.75 Å². The van der Waals surface area contributed by atoms with Gasteiger partial charge in [-0.1, -0.05) is 29.3 Å². The Morgan fingerprint density at radius 3 is 2.71 bits per heavy atom. The predicted octanol–water partition coefficient (Wildman–Crippen LogP) is 2.19. The van der Waals surface area contributed by atoms with Crippen molar-refractivity contribution in [3.05, 3.63) is 28.2 Å². The fourth-order valence-electron chi connectivity index (χ4n) is 1.71. The quantitative estimate of drug-likeness (QED) is 0.885. The van der Waals surface area contributed by atoms with Crippen molar-refractivity contribution >= 4 is 29.2 Å². The van der Waals surface area contributed by atoms with Crippen LogP contribution in [0, 0.1) is 0 Å². The van der Waals surface area contributed by atoms with Gasteiger partial charge in [-0.15, -0.1) is 0 Å². The van der Waals surface area contributed by atoms with E-state index in [1.165, 1.54) is 0 Å². The van der Waals surface area contributed by atoms with Gasteiger partial charge in [-0.25, -0.2) is 0 Å². The highest BCUT2D eigenvalue weighted by molar-refractivity contribution is 6.42. The van der Waals surface area contributed by atoms with E-state index in [4.69, 9.17) is 33.0 Å². The third-order valence-corrected chi connectivity index (χ3v) is 3.41. The number of hydrogen-bond acceptors (Lipinski definition) is 3. The number of ether oxygens (including phenoxy) is 1. The highest BCUT2D eigenvalue weighted by Gasteiger charge is 2.42. The lowest BCUT2D eigenvalue weighted by Gasteiger charge is -2.41. The zero-order valence-corrected chi connectivity index (χ0v) is 10.4. The monoisotopic (exact) mass is 275 g/mol. The first-order valence-corrected chi connectivity index (χ1v) is 5.84. The van der Waals surface area contributed by atoms with Gasteiger partial charge in [0.2, 0.25) is 0 Å². The average molecular weight is 276 g/mol. The largest absolute Gasteiger partial charge is 0.482 e. The molecule has 4 nitrogen and oxygen atoms in total. The topological polar surface area (TPSA) is 58.6 Å². The van der Waals surface area contributed by atoms with Crippen molar-refractivity contribution in [1.82, 2.24) is 5.32 Å². The van der Waals surface area contributed by atoms with Gasteiger partial charge in [0, 0.05) is 13.1 Å². The molecule has 2 rings (SSSR count). The number of carbonyl (C=O) groups is 1. The summed E-state index contributed by atoms with van der Waals surface area (Å²) in [7, 11) is 0. The van der Waals surface area contributed by atoms with Crippen LogP contribution >= 0.6 is 23.2 Å². The lowest BCUT2D eigenvalue weighted by atomic mass is 9.92. The summed E-state index contributed by atoms with van der Waals surface area (Å²) in [5.74, 6) is -0.480. The molecular formula is C11H11Cl2NO3. The third kappa shape index (κ3) is 2.65. The molecule has 0 aliphatic carbocycles. The zero-order valence-electron chi connectivity index (χ0n) is 8.87. The predicted molar refractivity (Wildman–Crippen MR) is 64.9 cm³/mol. The Morgan fingerprint density at radius 2 is 2.18 bits per heavy atom. The van der Waals surface area contributed by atoms with Crippen LogP contribution in [-0.4, -0.2) is 29.8 Å². The Morgan fingerprint density at radius 1 is 1.47 bits per heavy atom. The van der Waals surface area contributed by atoms with Gasteiger partial charge >= 0.3 is 5.97 Å². The Hall–Kier alpha value is -0.970. The molecule has 92 valence electrons. The normalized spacial score (nSPS) is 17.3. The number of halogens is 2. The Kier molecular flexibility index (Phi) is 3.47. The molecule has 6 heteroatoms. The van der Waals surface area contributed by atoms with Gasteiger partial charge in [-0.3, -0.25) is 4.79 Å². The SMILES string of the molecule is O=C(O)CC1(Oc2cccc(Cl)c2Cl)CNC1. The van der Waals surface area contributed by atoms with E-state index in [1.54, 1.807) is 18.2 Å². The standard InChI is InChI=1S/C11H11Cl2NO3/c12-7-2-1-3-8(10(7)13)17-11(4-9(15)16)5-14-6-11/h1-3,14H,4-6H2,(H,15,16). The number of nitrogens with one attached hydrogen (secondary N) is 1. The molecule has 1 saturated heterocycles. The van der Waals surface area contributed by atoms with Crippen LogP contribution in [-0.2, 0) is 4.79 Å². The van der Waals surface area contributed by atoms with Crippen LogP contribution in [0.15, 0.2) is 18.2 Å². The maximum atomic E-state index is 10.8. The molecule has 17 heavy (non-hydrogen) atoms. The van der Waals surface area contributed by atoms with E-state index in [2.05, 4.69) is 5.32 Å². The first-order chi connectivity index (χ1) is 8.02. The number of hydrogen-bond donors (Lipinski definition) is 2. The fraction of sp³-hybridized carbons (Fsp3) is 0.364. The molecule has 0 spiro atoms. The Labute approximate surface area is 108 Å². The summed E-state index contributed by atoms with van der Waals surface area (Å²) in [6.45, 7) is 0.976. The van der Waals surface area contributed by atoms with Gasteiger partial charge in [0.25, 0.3) is 0 Å². The van der Waals surface area contributed by atoms with Crippen LogP contribution in [0.2, 0.25) is 10.0 Å². The van der Waals surface area contributed by atoms with Gasteiger partial charge in [-0.05, 0) is 12.1 Å². The Bertz CT molecular complexity index is 446. The summed E-state index contributed by atoms with van der Waals surface area (Å²) < 4.78 is 5.70. The maximum Gasteiger partial charge on any atom is 0.307 e. The van der Waals surface area contributed by atoms with Crippen molar-refractivity contribution in [3.63, 3.8) is 0 Å². The summed E-state index contributed by atoms with van der Waals surface area (Å²) in [5.41, 5.74) is -0.722. The minimum Gasteiger partial charge on any atom is -0.482 e. The first kappa shape index (κ1) is 12.5. The number of rotatable bonds is 4. The lowest BCUT2D eigenvalue weighted by Crippen LogP contribution is -2.64. The molecule has 1 aromatic carbocycles. The van der Waals surface area contributed by atoms with Crippen LogP contribution in [0.3, 0.4) is 0 Å². The summed E-state index contributed by atoms with van der Waals surface area (Å²) in [6.07, 6.45) is -0.0666. The number of carboxylic acid groups (broad SMARTS) is 1. The smallest absolute Gasteiger partial charge is 0.307 e. The molecule has 1 aromatic rings. The highest BCUT2D eigenvalue weighted by Crippen LogP contribution is 2.35. The lowest BCUT2D eigenvalue weighted by molar-refractivity contribution is -0.143. The van der Waals surface area contributed by atoms with E-state index in [-0.39, 0.29) is 6.42 Å². The highest BCUT2D eigenvalue weighted by atomic mass is 35.5. The molecule has 0 unspecified atom stereocenters. The summed E-state index contributed by atoms with van der Waals surface area (Å²) in [5, 5.41) is 12.5. The summed E-state index contributed by atoms with van der Waals surface area (Å²) >= 11 is 11.9. The van der Waals surface area contributed by atoms with E-state index in [0.717, 1.165) is 0 Å². The van der Waals surface area contributed by atoms with E-state index >= 15 is 0 Å². The summed E-state index contributed by atoms with van der Waals surface area (Å²) in [6, 6.07) is 5.04. The fourth-order valence-corrected chi connectivity index (χ4v) is 2.04. The molecule has 1 fully saturated rings. The van der Waals surface area contributed by atoms with Gasteiger partial charge < -0.3 is 15.2 Å². The van der Waals surface area contributed by atoms with Crippen molar-refractivity contribution in [2.45, 2.75) is 12.0 Å². The van der Waals surface area contributed by atoms with Gasteiger partial charge in [-0.2, -0.15) is 0 Å². The van der Waals surface area contributed by atoms with E-state index in [1.807, 2.05) is 0 Å². The van der Waals surface area contributed by atoms with Crippen LogP contribution in [0.4, 0.5) is 0 Å². The second-order valence-electron chi connectivity index (χ2n) is 4.01. The van der Waals surface area contributed by atoms with Crippen molar-refractivity contribution < 1.29 is 14.6 Å².